The third kappa shape index (κ3) is 6.15. The summed E-state index contributed by atoms with van der Waals surface area (Å²) in [6.45, 7) is 1.92. The van der Waals surface area contributed by atoms with Crippen LogP contribution >= 0.6 is 40.0 Å². The number of amides is 1. The topological polar surface area (TPSA) is 142 Å². The van der Waals surface area contributed by atoms with Crippen molar-refractivity contribution in [1.82, 2.24) is 15.1 Å². The lowest BCUT2D eigenvalue weighted by Crippen LogP contribution is -2.25. The Hall–Kier alpha value is -3.15. The number of nitrogens with one attached hydrogen (secondary N) is 4. The molecule has 0 saturated heterocycles. The maximum Gasteiger partial charge on any atom is 0.259 e. The van der Waals surface area contributed by atoms with Crippen LogP contribution < -0.4 is 26.2 Å². The molecule has 36 heavy (non-hydrogen) atoms. The average Bonchev–Trinajstić information content (AvgIpc) is 3.25. The van der Waals surface area contributed by atoms with Gasteiger partial charge in [-0.05, 0) is 53.2 Å². The van der Waals surface area contributed by atoms with Gasteiger partial charge in [0.15, 0.2) is 5.82 Å². The van der Waals surface area contributed by atoms with Gasteiger partial charge in [0.25, 0.3) is 5.91 Å². The molecule has 1 aromatic heterocycles. The minimum atomic E-state index is -0.383. The highest BCUT2D eigenvalue weighted by Gasteiger charge is 2.17. The number of rotatable bonds is 10. The second kappa shape index (κ2) is 12.7. The van der Waals surface area contributed by atoms with Gasteiger partial charge in [0.2, 0.25) is 0 Å². The number of benzene rings is 2. The summed E-state index contributed by atoms with van der Waals surface area (Å²) in [5.74, 6) is 0.587. The normalized spacial score (nSPS) is 11.8. The summed E-state index contributed by atoms with van der Waals surface area (Å²) in [5.41, 5.74) is 9.83. The minimum absolute atomic E-state index is 0.332. The van der Waals surface area contributed by atoms with Crippen LogP contribution in [0, 0.1) is 12.3 Å². The predicted octanol–water partition coefficient (Wildman–Crippen LogP) is 5.17. The van der Waals surface area contributed by atoms with Crippen LogP contribution in [0.4, 0.5) is 17.2 Å². The van der Waals surface area contributed by atoms with Gasteiger partial charge in [0.05, 0.1) is 34.8 Å². The highest BCUT2D eigenvalue weighted by atomic mass is 127. The molecule has 1 heterocycles. The van der Waals surface area contributed by atoms with Gasteiger partial charge in [-0.1, -0.05) is 11.6 Å². The maximum absolute atomic E-state index is 12.7. The van der Waals surface area contributed by atoms with E-state index in [2.05, 4.69) is 47.9 Å². The lowest BCUT2D eigenvalue weighted by Gasteiger charge is -2.13. The molecule has 0 fully saturated rings. The Balaban J connectivity index is 1.89. The standard InChI is InChI=1S/C23H25ClIN8O2P/c1-13-12-33(31-22(13)30-19-7-6-18(32-36-25)17(10-27)21(19)24)15-4-5-16(20(8-15)35-3)23(34)29-14(9-26)11-28-2/h4-12,27,32,36H,26H2,1-3H3,(H,29,34)(H,30,31). The van der Waals surface area contributed by atoms with Crippen LogP contribution in [0.3, 0.4) is 0 Å². The maximum atomic E-state index is 12.7. The van der Waals surface area contributed by atoms with E-state index in [-0.39, 0.29) is 5.91 Å². The van der Waals surface area contributed by atoms with Crippen molar-refractivity contribution in [2.45, 2.75) is 6.92 Å². The van der Waals surface area contributed by atoms with Crippen LogP contribution in [0.5, 0.6) is 5.75 Å². The van der Waals surface area contributed by atoms with Crippen LogP contribution in [0.1, 0.15) is 21.5 Å². The number of hydrogen-bond acceptors (Lipinski definition) is 8. The summed E-state index contributed by atoms with van der Waals surface area (Å²) in [7, 11) is 3.07. The van der Waals surface area contributed by atoms with Gasteiger partial charge in [-0.25, -0.2) is 4.68 Å². The van der Waals surface area contributed by atoms with E-state index in [1.165, 1.54) is 25.7 Å². The molecule has 0 bridgehead atoms. The third-order valence-corrected chi connectivity index (χ3v) is 6.64. The van der Waals surface area contributed by atoms with Crippen LogP contribution in [0.2, 0.25) is 5.02 Å². The summed E-state index contributed by atoms with van der Waals surface area (Å²) < 4.78 is 7.14. The van der Waals surface area contributed by atoms with Gasteiger partial charge in [0, 0.05) is 61.1 Å². The molecule has 0 spiro atoms. The van der Waals surface area contributed by atoms with E-state index in [0.29, 0.717) is 51.2 Å². The molecule has 188 valence electrons. The highest BCUT2D eigenvalue weighted by Crippen LogP contribution is 2.36. The molecule has 6 N–H and O–H groups in total. The molecule has 0 aliphatic heterocycles. The zero-order chi connectivity index (χ0) is 26.2. The lowest BCUT2D eigenvalue weighted by molar-refractivity contribution is 0.0965. The molecule has 0 aliphatic carbocycles. The van der Waals surface area contributed by atoms with Gasteiger partial charge in [-0.2, -0.15) is 0 Å². The predicted molar refractivity (Wildman–Crippen MR) is 158 cm³/mol. The second-order valence-corrected chi connectivity index (χ2v) is 9.77. The van der Waals surface area contributed by atoms with Crippen LogP contribution in [-0.4, -0.2) is 42.3 Å². The zero-order valence-electron chi connectivity index (χ0n) is 19.7. The van der Waals surface area contributed by atoms with Crippen molar-refractivity contribution in [2.75, 3.05) is 24.6 Å². The molecular weight excluding hydrogens is 614 g/mol. The molecule has 0 aliphatic rings. The van der Waals surface area contributed by atoms with E-state index in [0.717, 1.165) is 11.3 Å². The van der Waals surface area contributed by atoms with Crippen molar-refractivity contribution >= 4 is 75.5 Å². The number of anilines is 3. The monoisotopic (exact) mass is 638 g/mol. The van der Waals surface area contributed by atoms with Crippen molar-refractivity contribution in [2.24, 2.45) is 10.7 Å². The average molecular weight is 639 g/mol. The number of allylic oxidation sites excluding steroid dienone is 1. The fourth-order valence-electron chi connectivity index (χ4n) is 3.30. The number of aliphatic imine (C=N–C) groups is 1. The number of nitrogens with zero attached hydrogens (tertiary/aromatic N) is 3. The number of carbonyl (C=O) groups is 1. The number of nitrogens with two attached hydrogens (primary N) is 1. The summed E-state index contributed by atoms with van der Waals surface area (Å²) >= 11 is 8.79. The third-order valence-electron chi connectivity index (χ3n) is 5.06. The zero-order valence-corrected chi connectivity index (χ0v) is 23.6. The van der Waals surface area contributed by atoms with E-state index < -0.39 is 0 Å². The van der Waals surface area contributed by atoms with Crippen molar-refractivity contribution in [3.63, 3.8) is 0 Å². The Morgan fingerprint density at radius 1 is 1.33 bits per heavy atom. The second-order valence-electron chi connectivity index (χ2n) is 7.33. The number of carbonyl (C=O) groups excluding carboxylic acids is 1. The van der Waals surface area contributed by atoms with E-state index in [1.807, 2.05) is 25.3 Å². The number of hydrogen-bond donors (Lipinski definition) is 5. The summed E-state index contributed by atoms with van der Waals surface area (Å²) in [4.78, 5) is 16.6. The molecule has 1 unspecified atom stereocenters. The Kier molecular flexibility index (Phi) is 9.68. The quantitative estimate of drug-likeness (QED) is 0.118. The largest absolute Gasteiger partial charge is 0.496 e. The molecule has 0 saturated carbocycles. The Morgan fingerprint density at radius 2 is 2.08 bits per heavy atom. The number of aromatic nitrogens is 2. The summed E-state index contributed by atoms with van der Waals surface area (Å²) in [5, 5.41) is 22.0. The van der Waals surface area contributed by atoms with E-state index >= 15 is 0 Å². The molecule has 3 rings (SSSR count). The lowest BCUT2D eigenvalue weighted by atomic mass is 10.1. The summed E-state index contributed by atoms with van der Waals surface area (Å²) in [6, 6.07) is 8.85. The first-order chi connectivity index (χ1) is 17.4. The fourth-order valence-corrected chi connectivity index (χ4v) is 4.76. The van der Waals surface area contributed by atoms with Crippen LogP contribution in [0.15, 0.2) is 53.4 Å². The number of ether oxygens (including phenoxy) is 1. The number of aryl methyl sites for hydroxylation is 1. The first-order valence-electron chi connectivity index (χ1n) is 10.5. The first kappa shape index (κ1) is 27.4. The fraction of sp³-hybridized carbons (Fsp3) is 0.130. The smallest absolute Gasteiger partial charge is 0.259 e. The van der Waals surface area contributed by atoms with E-state index in [9.17, 15) is 4.79 Å². The van der Waals surface area contributed by atoms with Crippen molar-refractivity contribution < 1.29 is 9.53 Å². The number of halogens is 2. The van der Waals surface area contributed by atoms with Gasteiger partial charge in [-0.3, -0.25) is 9.79 Å². The van der Waals surface area contributed by atoms with Gasteiger partial charge in [-0.15, -0.1) is 5.10 Å². The molecule has 1 atom stereocenters. The molecule has 0 radical (unpaired) electrons. The van der Waals surface area contributed by atoms with Gasteiger partial charge in [0.1, 0.15) is 5.75 Å². The molecule has 10 nitrogen and oxygen atoms in total. The first-order valence-corrected chi connectivity index (χ1v) is 15.0. The van der Waals surface area contributed by atoms with Crippen LogP contribution in [0.25, 0.3) is 5.69 Å². The molecule has 1 amide bonds. The Bertz CT molecular complexity index is 1340. The van der Waals surface area contributed by atoms with Crippen molar-refractivity contribution in [3.8, 4) is 11.4 Å². The SMILES string of the molecule is CN=CC(=CN)NC(=O)c1ccc(-n2cc(C)c(Nc3ccc(NPI)c(C=N)c3Cl)n2)cc1OC. The minimum Gasteiger partial charge on any atom is -0.496 e. The van der Waals surface area contributed by atoms with Crippen molar-refractivity contribution in [1.29, 1.82) is 5.41 Å². The Labute approximate surface area is 228 Å². The molecular formula is C23H25ClIN8O2P. The van der Waals surface area contributed by atoms with Gasteiger partial charge >= 0.3 is 0 Å². The molecule has 3 aromatic rings. The van der Waals surface area contributed by atoms with E-state index in [4.69, 9.17) is 27.5 Å². The highest BCUT2D eigenvalue weighted by molar-refractivity contribution is 14.2. The van der Waals surface area contributed by atoms with Crippen molar-refractivity contribution in [3.05, 3.63) is 70.1 Å². The Morgan fingerprint density at radius 3 is 2.72 bits per heavy atom. The number of methoxy groups -OCH3 is 1. The summed E-state index contributed by atoms with van der Waals surface area (Å²) in [6.07, 6.45) is 6.24. The van der Waals surface area contributed by atoms with E-state index in [1.54, 1.807) is 29.9 Å². The van der Waals surface area contributed by atoms with Gasteiger partial charge < -0.3 is 31.6 Å². The molecule has 13 heteroatoms. The molecule has 2 aromatic carbocycles. The van der Waals surface area contributed by atoms with Crippen LogP contribution in [-0.2, 0) is 0 Å².